The van der Waals surface area contributed by atoms with Crippen molar-refractivity contribution in [3.63, 3.8) is 0 Å². The fourth-order valence-corrected chi connectivity index (χ4v) is 2.67. The van der Waals surface area contributed by atoms with Crippen molar-refractivity contribution in [2.24, 2.45) is 0 Å². The lowest BCUT2D eigenvalue weighted by Gasteiger charge is -2.06. The predicted molar refractivity (Wildman–Crippen MR) is 84.2 cm³/mol. The van der Waals surface area contributed by atoms with Gasteiger partial charge >= 0.3 is 0 Å². The van der Waals surface area contributed by atoms with Crippen molar-refractivity contribution in [1.82, 2.24) is 14.5 Å². The quantitative estimate of drug-likeness (QED) is 0.678. The third kappa shape index (κ3) is 2.78. The Morgan fingerprint density at radius 1 is 1.24 bits per heavy atom. The van der Waals surface area contributed by atoms with Crippen molar-refractivity contribution in [1.29, 1.82) is 0 Å². The van der Waals surface area contributed by atoms with Gasteiger partial charge in [0.1, 0.15) is 18.1 Å². The number of fused-ring (bicyclic) bond motifs is 1. The number of aromatic nitrogens is 3. The van der Waals surface area contributed by atoms with Crippen LogP contribution in [0.1, 0.15) is 23.2 Å². The predicted octanol–water partition coefficient (Wildman–Crippen LogP) is 4.12. The van der Waals surface area contributed by atoms with E-state index in [2.05, 4.69) is 14.5 Å². The zero-order valence-corrected chi connectivity index (χ0v) is 13.4. The van der Waals surface area contributed by atoms with Crippen LogP contribution in [0.3, 0.4) is 0 Å². The first-order valence-corrected chi connectivity index (χ1v) is 7.63. The van der Waals surface area contributed by atoms with Crippen molar-refractivity contribution < 1.29 is 4.42 Å². The van der Waals surface area contributed by atoms with Gasteiger partial charge in [0.2, 0.25) is 5.89 Å². The molecule has 4 nitrogen and oxygen atoms in total. The van der Waals surface area contributed by atoms with Crippen LogP contribution in [0.2, 0.25) is 5.02 Å². The minimum Gasteiger partial charge on any atom is -0.444 e. The number of aryl methyl sites for hydroxylation is 3. The average Bonchev–Trinajstić information content (AvgIpc) is 2.93. The van der Waals surface area contributed by atoms with E-state index in [0.29, 0.717) is 29.8 Å². The van der Waals surface area contributed by atoms with Gasteiger partial charge in [-0.05, 0) is 32.0 Å². The number of benzene rings is 1. The van der Waals surface area contributed by atoms with E-state index in [1.807, 2.05) is 32.0 Å². The molecule has 21 heavy (non-hydrogen) atoms. The van der Waals surface area contributed by atoms with E-state index in [1.54, 1.807) is 0 Å². The maximum Gasteiger partial charge on any atom is 0.214 e. The molecule has 6 heteroatoms. The summed E-state index contributed by atoms with van der Waals surface area (Å²) < 4.78 is 7.74. The standard InChI is InChI=1S/C15H15Cl2N3O/c1-9-10(2)21-15(18-9)8-20-13-7-11(17)3-4-12(13)19-14(20)5-6-16/h3-4,7H,5-6,8H2,1-2H3. The molecule has 0 saturated heterocycles. The largest absolute Gasteiger partial charge is 0.444 e. The molecular weight excluding hydrogens is 309 g/mol. The Balaban J connectivity index is 2.09. The average molecular weight is 324 g/mol. The third-order valence-corrected chi connectivity index (χ3v) is 3.90. The lowest BCUT2D eigenvalue weighted by molar-refractivity contribution is 0.456. The number of halogens is 2. The van der Waals surface area contributed by atoms with Gasteiger partial charge in [0.15, 0.2) is 0 Å². The normalized spacial score (nSPS) is 11.4. The number of alkyl halides is 1. The lowest BCUT2D eigenvalue weighted by atomic mass is 10.3. The summed E-state index contributed by atoms with van der Waals surface area (Å²) in [4.78, 5) is 9.05. The third-order valence-electron chi connectivity index (χ3n) is 3.47. The van der Waals surface area contributed by atoms with Crippen molar-refractivity contribution in [2.75, 3.05) is 5.88 Å². The Hall–Kier alpha value is -1.52. The molecule has 0 spiro atoms. The molecule has 0 saturated carbocycles. The molecule has 0 fully saturated rings. The van der Waals surface area contributed by atoms with Crippen molar-refractivity contribution in [3.8, 4) is 0 Å². The van der Waals surface area contributed by atoms with Crippen molar-refractivity contribution >= 4 is 34.2 Å². The van der Waals surface area contributed by atoms with Gasteiger partial charge in [0.05, 0.1) is 16.7 Å². The Kier molecular flexibility index (Phi) is 3.91. The molecule has 2 aromatic heterocycles. The van der Waals surface area contributed by atoms with E-state index in [1.165, 1.54) is 0 Å². The van der Waals surface area contributed by atoms with E-state index < -0.39 is 0 Å². The molecule has 0 aliphatic carbocycles. The van der Waals surface area contributed by atoms with Crippen LogP contribution in [0.4, 0.5) is 0 Å². The molecule has 3 aromatic rings. The number of imidazole rings is 1. The van der Waals surface area contributed by atoms with E-state index in [4.69, 9.17) is 27.6 Å². The summed E-state index contributed by atoms with van der Waals surface area (Å²) in [5.41, 5.74) is 2.78. The Bertz CT molecular complexity index is 772. The second kappa shape index (κ2) is 5.70. The minimum absolute atomic E-state index is 0.515. The summed E-state index contributed by atoms with van der Waals surface area (Å²) in [5, 5.41) is 0.681. The topological polar surface area (TPSA) is 43.9 Å². The highest BCUT2D eigenvalue weighted by Gasteiger charge is 2.14. The number of hydrogen-bond acceptors (Lipinski definition) is 3. The fourth-order valence-electron chi connectivity index (χ4n) is 2.34. The summed E-state index contributed by atoms with van der Waals surface area (Å²) in [7, 11) is 0. The maximum absolute atomic E-state index is 6.10. The molecule has 2 heterocycles. The van der Waals surface area contributed by atoms with Gasteiger partial charge in [0.25, 0.3) is 0 Å². The first-order valence-electron chi connectivity index (χ1n) is 6.72. The van der Waals surface area contributed by atoms with Crippen LogP contribution in [0.25, 0.3) is 11.0 Å². The van der Waals surface area contributed by atoms with Crippen LogP contribution < -0.4 is 0 Å². The molecule has 1 aromatic carbocycles. The van der Waals surface area contributed by atoms with Crippen LogP contribution in [0, 0.1) is 13.8 Å². The molecule has 0 bridgehead atoms. The van der Waals surface area contributed by atoms with Gasteiger partial charge in [-0.1, -0.05) is 11.6 Å². The Labute approximate surface area is 132 Å². The molecule has 0 aliphatic rings. The molecule has 0 amide bonds. The Morgan fingerprint density at radius 2 is 2.05 bits per heavy atom. The highest BCUT2D eigenvalue weighted by molar-refractivity contribution is 6.31. The monoisotopic (exact) mass is 323 g/mol. The van der Waals surface area contributed by atoms with Gasteiger partial charge in [-0.3, -0.25) is 0 Å². The van der Waals surface area contributed by atoms with Crippen LogP contribution in [0.15, 0.2) is 22.6 Å². The molecule has 0 atom stereocenters. The highest BCUT2D eigenvalue weighted by atomic mass is 35.5. The zero-order chi connectivity index (χ0) is 15.0. The highest BCUT2D eigenvalue weighted by Crippen LogP contribution is 2.23. The Morgan fingerprint density at radius 3 is 2.71 bits per heavy atom. The van der Waals surface area contributed by atoms with Gasteiger partial charge in [0, 0.05) is 17.3 Å². The van der Waals surface area contributed by atoms with Crippen molar-refractivity contribution in [3.05, 3.63) is 46.4 Å². The molecule has 0 radical (unpaired) electrons. The second-order valence-electron chi connectivity index (χ2n) is 4.94. The summed E-state index contributed by atoms with van der Waals surface area (Å²) in [6.07, 6.45) is 0.687. The molecule has 3 rings (SSSR count). The molecule has 0 unspecified atom stereocenters. The molecule has 110 valence electrons. The first kappa shape index (κ1) is 14.4. The van der Waals surface area contributed by atoms with E-state index in [-0.39, 0.29) is 0 Å². The number of oxazole rings is 1. The summed E-state index contributed by atoms with van der Waals surface area (Å²) >= 11 is 12.0. The first-order chi connectivity index (χ1) is 10.1. The summed E-state index contributed by atoms with van der Waals surface area (Å²) in [5.74, 6) is 2.93. The number of rotatable bonds is 4. The maximum atomic E-state index is 6.10. The summed E-state index contributed by atoms with van der Waals surface area (Å²) in [6.45, 7) is 4.37. The van der Waals surface area contributed by atoms with Gasteiger partial charge in [-0.15, -0.1) is 11.6 Å². The van der Waals surface area contributed by atoms with E-state index in [9.17, 15) is 0 Å². The smallest absolute Gasteiger partial charge is 0.214 e. The van der Waals surface area contributed by atoms with Crippen molar-refractivity contribution in [2.45, 2.75) is 26.8 Å². The molecule has 0 N–H and O–H groups in total. The van der Waals surface area contributed by atoms with Gasteiger partial charge in [-0.25, -0.2) is 9.97 Å². The fraction of sp³-hybridized carbons (Fsp3) is 0.333. The SMILES string of the molecule is Cc1nc(Cn2c(CCCl)nc3ccc(Cl)cc32)oc1C. The number of nitrogens with zero attached hydrogens (tertiary/aromatic N) is 3. The van der Waals surface area contributed by atoms with E-state index in [0.717, 1.165) is 28.3 Å². The van der Waals surface area contributed by atoms with Crippen LogP contribution in [-0.4, -0.2) is 20.4 Å². The van der Waals surface area contributed by atoms with Gasteiger partial charge < -0.3 is 8.98 Å². The zero-order valence-electron chi connectivity index (χ0n) is 11.9. The molecular formula is C15H15Cl2N3O. The summed E-state index contributed by atoms with van der Waals surface area (Å²) in [6, 6.07) is 5.66. The van der Waals surface area contributed by atoms with Gasteiger partial charge in [-0.2, -0.15) is 0 Å². The lowest BCUT2D eigenvalue weighted by Crippen LogP contribution is -2.06. The molecule has 0 aliphatic heterocycles. The van der Waals surface area contributed by atoms with Crippen LogP contribution in [-0.2, 0) is 13.0 Å². The minimum atomic E-state index is 0.515. The van der Waals surface area contributed by atoms with Crippen LogP contribution in [0.5, 0.6) is 0 Å². The van der Waals surface area contributed by atoms with Crippen LogP contribution >= 0.6 is 23.2 Å². The van der Waals surface area contributed by atoms with E-state index >= 15 is 0 Å². The second-order valence-corrected chi connectivity index (χ2v) is 5.75. The number of hydrogen-bond donors (Lipinski definition) is 0.